The van der Waals surface area contributed by atoms with E-state index in [0.717, 1.165) is 25.7 Å². The van der Waals surface area contributed by atoms with Crippen LogP contribution in [0.5, 0.6) is 5.75 Å². The lowest BCUT2D eigenvalue weighted by molar-refractivity contribution is 0.00685. The molecule has 18 heavy (non-hydrogen) atoms. The van der Waals surface area contributed by atoms with Gasteiger partial charge in [0.05, 0.1) is 18.8 Å². The van der Waals surface area contributed by atoms with Gasteiger partial charge < -0.3 is 14.6 Å². The number of ether oxygens (including phenoxy) is 2. The Morgan fingerprint density at radius 2 is 1.89 bits per heavy atom. The van der Waals surface area contributed by atoms with E-state index in [0.29, 0.717) is 11.3 Å². The molecule has 1 aliphatic rings. The second-order valence-electron chi connectivity index (χ2n) is 4.52. The predicted octanol–water partition coefficient (Wildman–Crippen LogP) is 2.16. The van der Waals surface area contributed by atoms with Crippen molar-refractivity contribution in [2.45, 2.75) is 37.9 Å². The Bertz CT molecular complexity index is 399. The summed E-state index contributed by atoms with van der Waals surface area (Å²) in [5, 5.41) is 9.81. The summed E-state index contributed by atoms with van der Waals surface area (Å²) in [7, 11) is 1.35. The summed E-state index contributed by atoms with van der Waals surface area (Å²) in [6.45, 7) is 0. The molecular weight excluding hydrogens is 232 g/mol. The number of hydrogen-bond acceptors (Lipinski definition) is 4. The van der Waals surface area contributed by atoms with Crippen LogP contribution in [0.2, 0.25) is 0 Å². The van der Waals surface area contributed by atoms with Crippen LogP contribution in [-0.4, -0.2) is 30.4 Å². The highest BCUT2D eigenvalue weighted by Gasteiger charge is 2.24. The molecule has 0 radical (unpaired) electrons. The molecule has 0 unspecified atom stereocenters. The summed E-state index contributed by atoms with van der Waals surface area (Å²) in [5.41, 5.74) is 0.494. The van der Waals surface area contributed by atoms with Gasteiger partial charge in [-0.25, -0.2) is 4.79 Å². The summed E-state index contributed by atoms with van der Waals surface area (Å²) in [5.74, 6) is 0.313. The number of aliphatic hydroxyl groups excluding tert-OH is 1. The lowest BCUT2D eigenvalue weighted by Gasteiger charge is -2.28. The second kappa shape index (κ2) is 5.87. The van der Waals surface area contributed by atoms with Crippen molar-refractivity contribution in [2.75, 3.05) is 7.11 Å². The molecule has 0 aromatic heterocycles. The van der Waals surface area contributed by atoms with E-state index >= 15 is 0 Å². The first kappa shape index (κ1) is 12.9. The molecule has 0 saturated heterocycles. The van der Waals surface area contributed by atoms with Gasteiger partial charge in [-0.05, 0) is 43.5 Å². The minimum Gasteiger partial charge on any atom is -0.488 e. The number of methoxy groups -OCH3 is 1. The largest absolute Gasteiger partial charge is 0.488 e. The third-order valence-electron chi connectivity index (χ3n) is 3.23. The van der Waals surface area contributed by atoms with E-state index in [1.165, 1.54) is 7.11 Å². The number of aliphatic hydroxyl groups is 1. The maximum Gasteiger partial charge on any atom is 0.337 e. The van der Waals surface area contributed by atoms with Gasteiger partial charge in [0.15, 0.2) is 0 Å². The van der Waals surface area contributed by atoms with Gasteiger partial charge in [0.2, 0.25) is 0 Å². The molecule has 1 fully saturated rings. The Morgan fingerprint density at radius 1 is 1.22 bits per heavy atom. The van der Waals surface area contributed by atoms with Gasteiger partial charge in [-0.15, -0.1) is 0 Å². The van der Waals surface area contributed by atoms with E-state index in [4.69, 9.17) is 4.74 Å². The van der Waals surface area contributed by atoms with Crippen molar-refractivity contribution in [2.24, 2.45) is 0 Å². The van der Waals surface area contributed by atoms with Crippen molar-refractivity contribution in [1.82, 2.24) is 0 Å². The minimum absolute atomic E-state index is 0.136. The lowest BCUT2D eigenvalue weighted by Crippen LogP contribution is -2.34. The molecule has 4 nitrogen and oxygen atoms in total. The van der Waals surface area contributed by atoms with Crippen molar-refractivity contribution < 1.29 is 19.4 Å². The minimum atomic E-state index is -0.390. The van der Waals surface area contributed by atoms with Gasteiger partial charge in [-0.3, -0.25) is 0 Å². The van der Waals surface area contributed by atoms with Crippen molar-refractivity contribution >= 4 is 5.97 Å². The second-order valence-corrected chi connectivity index (χ2v) is 4.52. The van der Waals surface area contributed by atoms with Crippen LogP contribution < -0.4 is 4.74 Å². The van der Waals surface area contributed by atoms with Crippen LogP contribution in [-0.2, 0) is 4.74 Å². The molecule has 1 saturated carbocycles. The maximum absolute atomic E-state index is 11.3. The molecule has 0 heterocycles. The van der Waals surface area contributed by atoms with Crippen LogP contribution in [0.3, 0.4) is 0 Å². The average molecular weight is 250 g/mol. The topological polar surface area (TPSA) is 55.8 Å². The smallest absolute Gasteiger partial charge is 0.337 e. The number of carbonyl (C=O) groups excluding carboxylic acids is 1. The zero-order valence-electron chi connectivity index (χ0n) is 10.5. The van der Waals surface area contributed by atoms with Gasteiger partial charge in [-0.1, -0.05) is 6.42 Å². The van der Waals surface area contributed by atoms with Crippen LogP contribution in [0, 0.1) is 0 Å². The Balaban J connectivity index is 1.99. The van der Waals surface area contributed by atoms with E-state index in [2.05, 4.69) is 4.74 Å². The molecule has 1 N–H and O–H groups in total. The highest BCUT2D eigenvalue weighted by atomic mass is 16.5. The first-order valence-corrected chi connectivity index (χ1v) is 6.24. The highest BCUT2D eigenvalue weighted by molar-refractivity contribution is 5.89. The fourth-order valence-corrected chi connectivity index (χ4v) is 2.18. The molecule has 1 aromatic carbocycles. The Morgan fingerprint density at radius 3 is 2.50 bits per heavy atom. The van der Waals surface area contributed by atoms with Gasteiger partial charge >= 0.3 is 5.97 Å². The summed E-state index contributed by atoms with van der Waals surface area (Å²) in [4.78, 5) is 11.3. The van der Waals surface area contributed by atoms with Crippen LogP contribution in [0.1, 0.15) is 36.0 Å². The summed E-state index contributed by atoms with van der Waals surface area (Å²) in [6, 6.07) is 6.79. The fraction of sp³-hybridized carbons (Fsp3) is 0.500. The van der Waals surface area contributed by atoms with Crippen molar-refractivity contribution in [3.05, 3.63) is 29.8 Å². The van der Waals surface area contributed by atoms with Crippen LogP contribution in [0.15, 0.2) is 24.3 Å². The monoisotopic (exact) mass is 250 g/mol. The Labute approximate surface area is 107 Å². The first-order valence-electron chi connectivity index (χ1n) is 6.24. The van der Waals surface area contributed by atoms with Crippen molar-refractivity contribution in [3.8, 4) is 5.75 Å². The Hall–Kier alpha value is -1.55. The van der Waals surface area contributed by atoms with Gasteiger partial charge in [0.25, 0.3) is 0 Å². The van der Waals surface area contributed by atoms with E-state index in [1.807, 2.05) is 0 Å². The van der Waals surface area contributed by atoms with Crippen LogP contribution in [0.25, 0.3) is 0 Å². The molecular formula is C14H18O4. The van der Waals surface area contributed by atoms with E-state index in [9.17, 15) is 9.90 Å². The van der Waals surface area contributed by atoms with Gasteiger partial charge in [-0.2, -0.15) is 0 Å². The average Bonchev–Trinajstić information content (AvgIpc) is 2.41. The van der Waals surface area contributed by atoms with E-state index in [1.54, 1.807) is 24.3 Å². The standard InChI is InChI=1S/C14H18O4/c1-17-14(16)10-6-8-11(9-7-10)18-13-5-3-2-4-12(13)15/h6-9,12-13,15H,2-5H2,1H3/t12-,13-/m0/s1. The van der Waals surface area contributed by atoms with Gasteiger partial charge in [0.1, 0.15) is 11.9 Å². The quantitative estimate of drug-likeness (QED) is 0.835. The summed E-state index contributed by atoms with van der Waals surface area (Å²) in [6.07, 6.45) is 3.29. The van der Waals surface area contributed by atoms with Crippen molar-refractivity contribution in [3.63, 3.8) is 0 Å². The van der Waals surface area contributed by atoms with Gasteiger partial charge in [0, 0.05) is 0 Å². The SMILES string of the molecule is COC(=O)c1ccc(O[C@H]2CCCC[C@@H]2O)cc1. The predicted molar refractivity (Wildman–Crippen MR) is 66.7 cm³/mol. The third-order valence-corrected chi connectivity index (χ3v) is 3.23. The molecule has 98 valence electrons. The number of esters is 1. The van der Waals surface area contributed by atoms with E-state index in [-0.39, 0.29) is 18.2 Å². The summed E-state index contributed by atoms with van der Waals surface area (Å²) < 4.78 is 10.4. The molecule has 0 aliphatic heterocycles. The third kappa shape index (κ3) is 3.01. The molecule has 1 aliphatic carbocycles. The normalized spacial score (nSPS) is 23.4. The van der Waals surface area contributed by atoms with Crippen molar-refractivity contribution in [1.29, 1.82) is 0 Å². The molecule has 0 bridgehead atoms. The fourth-order valence-electron chi connectivity index (χ4n) is 2.18. The number of hydrogen-bond donors (Lipinski definition) is 1. The Kier molecular flexibility index (Phi) is 4.20. The number of benzene rings is 1. The molecule has 0 amide bonds. The zero-order chi connectivity index (χ0) is 13.0. The molecule has 4 heteroatoms. The van der Waals surface area contributed by atoms with E-state index < -0.39 is 0 Å². The number of rotatable bonds is 3. The molecule has 0 spiro atoms. The van der Waals surface area contributed by atoms with Crippen LogP contribution in [0.4, 0.5) is 0 Å². The molecule has 1 aromatic rings. The zero-order valence-corrected chi connectivity index (χ0v) is 10.5. The lowest BCUT2D eigenvalue weighted by atomic mass is 9.95. The molecule has 2 rings (SSSR count). The van der Waals surface area contributed by atoms with Crippen LogP contribution >= 0.6 is 0 Å². The number of carbonyl (C=O) groups is 1. The summed E-state index contributed by atoms with van der Waals surface area (Å²) >= 11 is 0. The highest BCUT2D eigenvalue weighted by Crippen LogP contribution is 2.24. The molecule has 2 atom stereocenters. The first-order chi connectivity index (χ1) is 8.70. The maximum atomic E-state index is 11.3.